The van der Waals surface area contributed by atoms with Gasteiger partial charge in [0.25, 0.3) is 5.91 Å². The second-order valence-electron chi connectivity index (χ2n) is 3.87. The molecule has 110 valence electrons. The summed E-state index contributed by atoms with van der Waals surface area (Å²) >= 11 is 3.30. The Morgan fingerprint density at radius 2 is 2.05 bits per heavy atom. The van der Waals surface area contributed by atoms with Gasteiger partial charge in [0, 0.05) is 0 Å². The zero-order valence-corrected chi connectivity index (χ0v) is 13.0. The molecule has 0 saturated heterocycles. The van der Waals surface area contributed by atoms with E-state index in [1.54, 1.807) is 0 Å². The van der Waals surface area contributed by atoms with Gasteiger partial charge < -0.3 is 19.9 Å². The van der Waals surface area contributed by atoms with E-state index < -0.39 is 18.0 Å². The number of hydrogen-bond donors (Lipinski definition) is 1. The van der Waals surface area contributed by atoms with Crippen molar-refractivity contribution in [1.29, 1.82) is 0 Å². The van der Waals surface area contributed by atoms with Crippen LogP contribution in [0.15, 0.2) is 16.6 Å². The lowest BCUT2D eigenvalue weighted by atomic mass is 10.2. The fraction of sp³-hybridized carbons (Fsp3) is 0.385. The van der Waals surface area contributed by atoms with Crippen molar-refractivity contribution in [3.8, 4) is 11.5 Å². The molecule has 0 fully saturated rings. The minimum absolute atomic E-state index is 0.227. The number of halogens is 1. The summed E-state index contributed by atoms with van der Waals surface area (Å²) in [6, 6.07) is 3.01. The van der Waals surface area contributed by atoms with Crippen LogP contribution in [0.2, 0.25) is 0 Å². The Hall–Kier alpha value is -1.76. The van der Waals surface area contributed by atoms with Gasteiger partial charge >= 0.3 is 5.97 Å². The molecule has 0 spiro atoms. The minimum Gasteiger partial charge on any atom is -0.493 e. The van der Waals surface area contributed by atoms with Gasteiger partial charge in [0.05, 0.1) is 23.8 Å². The molecule has 1 amide bonds. The van der Waals surface area contributed by atoms with E-state index in [2.05, 4.69) is 15.9 Å². The van der Waals surface area contributed by atoms with Crippen molar-refractivity contribution < 1.29 is 23.8 Å². The third kappa shape index (κ3) is 3.86. The van der Waals surface area contributed by atoms with E-state index in [-0.39, 0.29) is 5.56 Å². The number of hydrogen-bond acceptors (Lipinski definition) is 5. The van der Waals surface area contributed by atoms with Crippen LogP contribution in [0.25, 0.3) is 0 Å². The van der Waals surface area contributed by atoms with Crippen LogP contribution in [0.4, 0.5) is 0 Å². The first-order chi connectivity index (χ1) is 9.40. The molecule has 0 radical (unpaired) electrons. The van der Waals surface area contributed by atoms with E-state index in [9.17, 15) is 9.59 Å². The summed E-state index contributed by atoms with van der Waals surface area (Å²) in [6.45, 7) is 3.70. The third-order valence-electron chi connectivity index (χ3n) is 2.44. The van der Waals surface area contributed by atoms with Crippen molar-refractivity contribution in [1.82, 2.24) is 0 Å². The lowest BCUT2D eigenvalue weighted by Crippen LogP contribution is -2.30. The number of carbonyl (C=O) groups is 2. The van der Waals surface area contributed by atoms with Gasteiger partial charge in [0.2, 0.25) is 0 Å². The second kappa shape index (κ2) is 7.14. The van der Waals surface area contributed by atoms with Crippen molar-refractivity contribution in [3.63, 3.8) is 0 Å². The number of primary amides is 1. The molecule has 1 aromatic rings. The highest BCUT2D eigenvalue weighted by atomic mass is 79.9. The van der Waals surface area contributed by atoms with Gasteiger partial charge in [-0.1, -0.05) is 0 Å². The predicted octanol–water partition coefficient (Wildman–Crippen LogP) is 1.89. The maximum Gasteiger partial charge on any atom is 0.339 e. The normalized spacial score (nSPS) is 11.6. The van der Waals surface area contributed by atoms with Crippen LogP contribution in [0, 0.1) is 0 Å². The highest BCUT2D eigenvalue weighted by Crippen LogP contribution is 2.36. The number of benzene rings is 1. The van der Waals surface area contributed by atoms with Crippen LogP contribution in [0.5, 0.6) is 11.5 Å². The lowest BCUT2D eigenvalue weighted by Gasteiger charge is -2.14. The Bertz CT molecular complexity index is 518. The first-order valence-corrected chi connectivity index (χ1v) is 6.70. The second-order valence-corrected chi connectivity index (χ2v) is 4.73. The molecular formula is C13H16BrNO5. The maximum absolute atomic E-state index is 11.9. The van der Waals surface area contributed by atoms with Crippen LogP contribution < -0.4 is 15.2 Å². The van der Waals surface area contributed by atoms with E-state index >= 15 is 0 Å². The molecule has 6 nitrogen and oxygen atoms in total. The van der Waals surface area contributed by atoms with Gasteiger partial charge in [-0.25, -0.2) is 4.79 Å². The Morgan fingerprint density at radius 1 is 1.40 bits per heavy atom. The number of nitrogens with two attached hydrogens (primary N) is 1. The van der Waals surface area contributed by atoms with Gasteiger partial charge in [-0.05, 0) is 41.9 Å². The van der Waals surface area contributed by atoms with E-state index in [0.717, 1.165) is 0 Å². The monoisotopic (exact) mass is 345 g/mol. The third-order valence-corrected chi connectivity index (χ3v) is 3.03. The quantitative estimate of drug-likeness (QED) is 0.795. The van der Waals surface area contributed by atoms with Gasteiger partial charge in [-0.15, -0.1) is 0 Å². The van der Waals surface area contributed by atoms with Gasteiger partial charge in [0.1, 0.15) is 0 Å². The van der Waals surface area contributed by atoms with E-state index in [0.29, 0.717) is 22.6 Å². The maximum atomic E-state index is 11.9. The average molecular weight is 346 g/mol. The molecule has 1 atom stereocenters. The number of esters is 1. The molecule has 0 aromatic heterocycles. The predicted molar refractivity (Wildman–Crippen MR) is 75.9 cm³/mol. The zero-order chi connectivity index (χ0) is 15.3. The first kappa shape index (κ1) is 16.3. The Morgan fingerprint density at radius 3 is 2.55 bits per heavy atom. The molecule has 1 rings (SSSR count). The van der Waals surface area contributed by atoms with E-state index in [4.69, 9.17) is 19.9 Å². The van der Waals surface area contributed by atoms with Crippen LogP contribution in [0.3, 0.4) is 0 Å². The molecule has 20 heavy (non-hydrogen) atoms. The number of methoxy groups -OCH3 is 1. The van der Waals surface area contributed by atoms with Crippen molar-refractivity contribution in [2.75, 3.05) is 13.7 Å². The number of ether oxygens (including phenoxy) is 3. The standard InChI is InChI=1S/C13H16BrNO5/c1-4-19-11-9(14)5-8(6-10(11)18-3)13(17)20-7(2)12(15)16/h5-7H,4H2,1-3H3,(H2,15,16)/t7-/m0/s1. The average Bonchev–Trinajstić information content (AvgIpc) is 2.40. The molecule has 0 bridgehead atoms. The van der Waals surface area contributed by atoms with Crippen LogP contribution >= 0.6 is 15.9 Å². The molecule has 7 heteroatoms. The van der Waals surface area contributed by atoms with Gasteiger partial charge in [-0.3, -0.25) is 4.79 Å². The van der Waals surface area contributed by atoms with Gasteiger partial charge in [-0.2, -0.15) is 0 Å². The molecule has 0 heterocycles. The number of rotatable bonds is 6. The summed E-state index contributed by atoms with van der Waals surface area (Å²) in [5.74, 6) is -0.497. The molecule has 0 saturated carbocycles. The molecule has 0 aliphatic rings. The molecule has 1 aromatic carbocycles. The highest BCUT2D eigenvalue weighted by Gasteiger charge is 2.20. The highest BCUT2D eigenvalue weighted by molar-refractivity contribution is 9.10. The Labute approximate surface area is 125 Å². The zero-order valence-electron chi connectivity index (χ0n) is 11.4. The first-order valence-electron chi connectivity index (χ1n) is 5.91. The Kier molecular flexibility index (Phi) is 5.82. The van der Waals surface area contributed by atoms with Crippen LogP contribution in [-0.2, 0) is 9.53 Å². The molecule has 0 aliphatic heterocycles. The summed E-state index contributed by atoms with van der Waals surface area (Å²) in [5, 5.41) is 0. The Balaban J connectivity index is 3.05. The van der Waals surface area contributed by atoms with Crippen LogP contribution in [0.1, 0.15) is 24.2 Å². The summed E-state index contributed by atoms with van der Waals surface area (Å²) in [4.78, 5) is 22.8. The molecule has 0 unspecified atom stereocenters. The largest absolute Gasteiger partial charge is 0.493 e. The summed E-state index contributed by atoms with van der Waals surface area (Å²) in [6.07, 6.45) is -1.00. The van der Waals surface area contributed by atoms with Crippen molar-refractivity contribution in [2.24, 2.45) is 5.73 Å². The fourth-order valence-electron chi connectivity index (χ4n) is 1.41. The number of amides is 1. The topological polar surface area (TPSA) is 87.9 Å². The van der Waals surface area contributed by atoms with E-state index in [1.807, 2.05) is 6.92 Å². The summed E-state index contributed by atoms with van der Waals surface area (Å²) in [7, 11) is 1.46. The van der Waals surface area contributed by atoms with Crippen molar-refractivity contribution in [3.05, 3.63) is 22.2 Å². The number of carbonyl (C=O) groups excluding carboxylic acids is 2. The smallest absolute Gasteiger partial charge is 0.339 e. The summed E-state index contributed by atoms with van der Waals surface area (Å²) < 4.78 is 16.1. The lowest BCUT2D eigenvalue weighted by molar-refractivity contribution is -0.125. The van der Waals surface area contributed by atoms with Crippen LogP contribution in [-0.4, -0.2) is 31.7 Å². The van der Waals surface area contributed by atoms with Crippen molar-refractivity contribution >= 4 is 27.8 Å². The molecular weight excluding hydrogens is 330 g/mol. The summed E-state index contributed by atoms with van der Waals surface area (Å²) in [5.41, 5.74) is 5.27. The molecule has 0 aliphatic carbocycles. The van der Waals surface area contributed by atoms with E-state index in [1.165, 1.54) is 26.2 Å². The molecule has 2 N–H and O–H groups in total. The SMILES string of the molecule is CCOc1c(Br)cc(C(=O)O[C@@H](C)C(N)=O)cc1OC. The fourth-order valence-corrected chi connectivity index (χ4v) is 1.97. The minimum atomic E-state index is -1.00. The van der Waals surface area contributed by atoms with Gasteiger partial charge in [0.15, 0.2) is 17.6 Å². The van der Waals surface area contributed by atoms with Crippen molar-refractivity contribution in [2.45, 2.75) is 20.0 Å².